The van der Waals surface area contributed by atoms with E-state index in [1.165, 1.54) is 24.3 Å². The number of amides is 1. The number of anilines is 1. The van der Waals surface area contributed by atoms with Crippen molar-refractivity contribution in [3.8, 4) is 5.69 Å². The van der Waals surface area contributed by atoms with E-state index < -0.39 is 23.3 Å². The molecule has 0 spiro atoms. The van der Waals surface area contributed by atoms with Gasteiger partial charge in [-0.2, -0.15) is 9.78 Å². The highest BCUT2D eigenvalue weighted by Gasteiger charge is 2.20. The van der Waals surface area contributed by atoms with Gasteiger partial charge in [0.15, 0.2) is 5.69 Å². The summed E-state index contributed by atoms with van der Waals surface area (Å²) in [7, 11) is 0. The second-order valence-corrected chi connectivity index (χ2v) is 7.06. The van der Waals surface area contributed by atoms with Crippen molar-refractivity contribution in [2.24, 2.45) is 0 Å². The van der Waals surface area contributed by atoms with Gasteiger partial charge in [-0.1, -0.05) is 0 Å². The monoisotopic (exact) mass is 507 g/mol. The Morgan fingerprint density at radius 2 is 1.79 bits per heavy atom. The Bertz CT molecular complexity index is 1110. The average Bonchev–Trinajstić information content (AvgIpc) is 2.69. The van der Waals surface area contributed by atoms with Crippen LogP contribution in [0.25, 0.3) is 5.69 Å². The fraction of sp³-hybridized carbons (Fsp3) is 0.100. The van der Waals surface area contributed by atoms with Crippen LogP contribution in [0.1, 0.15) is 27.8 Å². The van der Waals surface area contributed by atoms with Gasteiger partial charge in [0.1, 0.15) is 5.82 Å². The highest BCUT2D eigenvalue weighted by atomic mass is 127. The molecule has 0 aliphatic heterocycles. The number of aromatic nitrogens is 2. The number of nitrogens with zero attached hydrogens (tertiary/aromatic N) is 2. The molecule has 148 valence electrons. The number of hydrogen-bond donors (Lipinski definition) is 1. The summed E-state index contributed by atoms with van der Waals surface area (Å²) in [4.78, 5) is 37.4. The first kappa shape index (κ1) is 20.6. The number of ether oxygens (including phenoxy) is 1. The van der Waals surface area contributed by atoms with E-state index in [1.54, 1.807) is 31.2 Å². The fourth-order valence-electron chi connectivity index (χ4n) is 2.46. The molecule has 1 amide bonds. The minimum atomic E-state index is -0.804. The predicted octanol–water partition coefficient (Wildman–Crippen LogP) is 3.41. The Kier molecular flexibility index (Phi) is 6.37. The van der Waals surface area contributed by atoms with Gasteiger partial charge in [-0.15, -0.1) is 0 Å². The van der Waals surface area contributed by atoms with E-state index in [4.69, 9.17) is 4.74 Å². The van der Waals surface area contributed by atoms with Crippen molar-refractivity contribution in [3.63, 3.8) is 0 Å². The molecular weight excluding hydrogens is 492 g/mol. The lowest BCUT2D eigenvalue weighted by molar-refractivity contribution is 0.0518. The van der Waals surface area contributed by atoms with Gasteiger partial charge in [0.2, 0.25) is 0 Å². The molecule has 0 atom stereocenters. The first-order valence-corrected chi connectivity index (χ1v) is 9.61. The molecule has 1 N–H and O–H groups in total. The van der Waals surface area contributed by atoms with Gasteiger partial charge < -0.3 is 10.1 Å². The summed E-state index contributed by atoms with van der Waals surface area (Å²) in [6, 6.07) is 12.9. The van der Waals surface area contributed by atoms with Crippen LogP contribution in [0.15, 0.2) is 59.4 Å². The molecule has 3 rings (SSSR count). The van der Waals surface area contributed by atoms with E-state index in [-0.39, 0.29) is 23.7 Å². The van der Waals surface area contributed by atoms with Gasteiger partial charge in [0.05, 0.1) is 18.0 Å². The van der Waals surface area contributed by atoms with Crippen molar-refractivity contribution >= 4 is 40.2 Å². The van der Waals surface area contributed by atoms with Crippen LogP contribution in [0.3, 0.4) is 0 Å². The molecule has 0 bridgehead atoms. The number of rotatable bonds is 5. The Balaban J connectivity index is 2.03. The third kappa shape index (κ3) is 4.86. The molecule has 3 aromatic rings. The molecule has 29 heavy (non-hydrogen) atoms. The van der Waals surface area contributed by atoms with E-state index in [0.29, 0.717) is 5.56 Å². The minimum absolute atomic E-state index is 0.0737. The number of benzene rings is 2. The molecule has 0 saturated carbocycles. The highest BCUT2D eigenvalue weighted by Crippen LogP contribution is 2.16. The lowest BCUT2D eigenvalue weighted by Gasteiger charge is -2.12. The van der Waals surface area contributed by atoms with Crippen molar-refractivity contribution in [1.82, 2.24) is 9.78 Å². The van der Waals surface area contributed by atoms with E-state index in [1.807, 2.05) is 0 Å². The van der Waals surface area contributed by atoms with Gasteiger partial charge in [0.25, 0.3) is 11.5 Å². The number of nitrogens with one attached hydrogen (secondary N) is 1. The van der Waals surface area contributed by atoms with E-state index >= 15 is 0 Å². The van der Waals surface area contributed by atoms with E-state index in [2.05, 4.69) is 33.0 Å². The number of hydrogen-bond acceptors (Lipinski definition) is 5. The van der Waals surface area contributed by atoms with Crippen molar-refractivity contribution < 1.29 is 18.7 Å². The standard InChI is InChI=1S/C20H15FIN3O4/c1-2-29-20(28)18-16(23-19(27)12-3-7-14(22)8-4-12)11-17(26)25(24-18)15-9-5-13(21)6-10-15/h3-11H,2H2,1H3,(H,23,27). The molecule has 2 aromatic carbocycles. The van der Waals surface area contributed by atoms with Crippen molar-refractivity contribution in [2.75, 3.05) is 11.9 Å². The van der Waals surface area contributed by atoms with Gasteiger partial charge in [-0.3, -0.25) is 9.59 Å². The number of carbonyl (C=O) groups excluding carboxylic acids is 2. The second kappa shape index (κ2) is 8.95. The van der Waals surface area contributed by atoms with Crippen LogP contribution in [-0.2, 0) is 4.74 Å². The van der Waals surface area contributed by atoms with Crippen molar-refractivity contribution in [3.05, 3.63) is 85.6 Å². The topological polar surface area (TPSA) is 90.3 Å². The van der Waals surface area contributed by atoms with Crippen molar-refractivity contribution in [2.45, 2.75) is 6.92 Å². The number of carbonyl (C=O) groups is 2. The molecular formula is C20H15FIN3O4. The Morgan fingerprint density at radius 3 is 2.41 bits per heavy atom. The van der Waals surface area contributed by atoms with E-state index in [9.17, 15) is 18.8 Å². The van der Waals surface area contributed by atoms with Gasteiger partial charge >= 0.3 is 5.97 Å². The second-order valence-electron chi connectivity index (χ2n) is 5.81. The molecule has 0 saturated heterocycles. The molecule has 0 radical (unpaired) electrons. The van der Waals surface area contributed by atoms with Gasteiger partial charge in [-0.05, 0) is 78.0 Å². The molecule has 1 aromatic heterocycles. The van der Waals surface area contributed by atoms with Crippen molar-refractivity contribution in [1.29, 1.82) is 0 Å². The van der Waals surface area contributed by atoms with Gasteiger partial charge in [0, 0.05) is 15.2 Å². The lowest BCUT2D eigenvalue weighted by atomic mass is 10.2. The first-order valence-electron chi connectivity index (χ1n) is 8.53. The SMILES string of the molecule is CCOC(=O)c1nn(-c2ccc(F)cc2)c(=O)cc1NC(=O)c1ccc(I)cc1. The Hall–Kier alpha value is -3.08. The highest BCUT2D eigenvalue weighted by molar-refractivity contribution is 14.1. The molecule has 0 fully saturated rings. The summed E-state index contributed by atoms with van der Waals surface area (Å²) in [5.74, 6) is -1.79. The molecule has 7 nitrogen and oxygen atoms in total. The first-order chi connectivity index (χ1) is 13.9. The lowest BCUT2D eigenvalue weighted by Crippen LogP contribution is -2.27. The summed E-state index contributed by atoms with van der Waals surface area (Å²) in [6.45, 7) is 1.71. The zero-order valence-electron chi connectivity index (χ0n) is 15.2. The third-order valence-corrected chi connectivity index (χ3v) is 4.55. The largest absolute Gasteiger partial charge is 0.461 e. The molecule has 0 aliphatic rings. The zero-order valence-corrected chi connectivity index (χ0v) is 17.3. The van der Waals surface area contributed by atoms with Crippen LogP contribution in [0, 0.1) is 9.39 Å². The maximum absolute atomic E-state index is 13.2. The molecule has 0 unspecified atom stereocenters. The average molecular weight is 507 g/mol. The summed E-state index contributed by atoms with van der Waals surface area (Å²) >= 11 is 2.11. The molecule has 9 heteroatoms. The van der Waals surface area contributed by atoms with Crippen LogP contribution >= 0.6 is 22.6 Å². The minimum Gasteiger partial charge on any atom is -0.461 e. The van der Waals surface area contributed by atoms with Crippen LogP contribution in [0.2, 0.25) is 0 Å². The summed E-state index contributed by atoms with van der Waals surface area (Å²) in [6.07, 6.45) is 0. The normalized spacial score (nSPS) is 10.4. The molecule has 1 heterocycles. The van der Waals surface area contributed by atoms with Crippen LogP contribution in [0.5, 0.6) is 0 Å². The fourth-order valence-corrected chi connectivity index (χ4v) is 2.82. The third-order valence-electron chi connectivity index (χ3n) is 3.83. The van der Waals surface area contributed by atoms with Crippen LogP contribution in [-0.4, -0.2) is 28.3 Å². The Morgan fingerprint density at radius 1 is 1.14 bits per heavy atom. The maximum atomic E-state index is 13.2. The number of halogens is 2. The molecule has 0 aliphatic carbocycles. The number of esters is 1. The summed E-state index contributed by atoms with van der Waals surface area (Å²) in [5, 5.41) is 6.58. The van der Waals surface area contributed by atoms with E-state index in [0.717, 1.165) is 14.3 Å². The summed E-state index contributed by atoms with van der Waals surface area (Å²) in [5.41, 5.74) is -0.312. The summed E-state index contributed by atoms with van der Waals surface area (Å²) < 4.78 is 20.1. The van der Waals surface area contributed by atoms with Crippen LogP contribution in [0.4, 0.5) is 10.1 Å². The van der Waals surface area contributed by atoms with Gasteiger partial charge in [-0.25, -0.2) is 9.18 Å². The quantitative estimate of drug-likeness (QED) is 0.423. The Labute approximate surface area is 178 Å². The predicted molar refractivity (Wildman–Crippen MR) is 113 cm³/mol. The maximum Gasteiger partial charge on any atom is 0.360 e. The van der Waals surface area contributed by atoms with Crippen LogP contribution < -0.4 is 10.9 Å². The smallest absolute Gasteiger partial charge is 0.360 e. The zero-order chi connectivity index (χ0) is 21.0.